The van der Waals surface area contributed by atoms with Gasteiger partial charge in [-0.1, -0.05) is 42.0 Å². The Balaban J connectivity index is 1.32. The zero-order chi connectivity index (χ0) is 21.0. The van der Waals surface area contributed by atoms with Crippen LogP contribution in [0.2, 0.25) is 0 Å². The van der Waals surface area contributed by atoms with Gasteiger partial charge in [-0.05, 0) is 60.7 Å². The van der Waals surface area contributed by atoms with Gasteiger partial charge in [-0.3, -0.25) is 4.79 Å². The van der Waals surface area contributed by atoms with E-state index in [1.807, 2.05) is 18.2 Å². The third-order valence-electron chi connectivity index (χ3n) is 6.14. The highest BCUT2D eigenvalue weighted by Gasteiger charge is 2.63. The van der Waals surface area contributed by atoms with Gasteiger partial charge in [0, 0.05) is 17.5 Å². The third-order valence-corrected chi connectivity index (χ3v) is 6.14. The molecular formula is C26H24O4. The largest absolute Gasteiger partial charge is 0.489 e. The molecule has 4 heteroatoms. The second kappa shape index (κ2) is 6.91. The van der Waals surface area contributed by atoms with Crippen LogP contribution in [0.1, 0.15) is 33.7 Å². The Hall–Kier alpha value is -3.27. The second-order valence-corrected chi connectivity index (χ2v) is 8.43. The van der Waals surface area contributed by atoms with Crippen molar-refractivity contribution in [1.29, 1.82) is 0 Å². The lowest BCUT2D eigenvalue weighted by molar-refractivity contribution is -0.139. The Bertz CT molecular complexity index is 1140. The van der Waals surface area contributed by atoms with Gasteiger partial charge >= 0.3 is 5.97 Å². The van der Waals surface area contributed by atoms with E-state index in [0.717, 1.165) is 22.6 Å². The molecule has 0 amide bonds. The average molecular weight is 400 g/mol. The summed E-state index contributed by atoms with van der Waals surface area (Å²) in [7, 11) is 0. The Morgan fingerprint density at radius 1 is 1.03 bits per heavy atom. The first-order valence-electron chi connectivity index (χ1n) is 10.3. The van der Waals surface area contributed by atoms with Gasteiger partial charge in [0.05, 0.1) is 0 Å². The number of carboxylic acid groups (broad SMARTS) is 1. The molecule has 0 saturated heterocycles. The fourth-order valence-corrected chi connectivity index (χ4v) is 4.84. The molecule has 0 radical (unpaired) electrons. The summed E-state index contributed by atoms with van der Waals surface area (Å²) < 4.78 is 11.8. The van der Waals surface area contributed by atoms with Gasteiger partial charge in [0.1, 0.15) is 30.1 Å². The average Bonchev–Trinajstić information content (AvgIpc) is 3.29. The van der Waals surface area contributed by atoms with E-state index in [9.17, 15) is 9.90 Å². The predicted molar refractivity (Wildman–Crippen MR) is 115 cm³/mol. The Morgan fingerprint density at radius 2 is 1.80 bits per heavy atom. The molecule has 0 bridgehead atoms. The first-order valence-corrected chi connectivity index (χ1v) is 10.3. The number of aliphatic carboxylic acids is 1. The summed E-state index contributed by atoms with van der Waals surface area (Å²) in [5, 5.41) is 9.20. The van der Waals surface area contributed by atoms with Crippen molar-refractivity contribution < 1.29 is 19.4 Å². The van der Waals surface area contributed by atoms with Gasteiger partial charge in [0.2, 0.25) is 0 Å². The first-order chi connectivity index (χ1) is 14.4. The summed E-state index contributed by atoms with van der Waals surface area (Å²) in [5.74, 6) is 0.287. The van der Waals surface area contributed by atoms with Crippen LogP contribution in [0.5, 0.6) is 11.5 Å². The van der Waals surface area contributed by atoms with E-state index in [2.05, 4.69) is 57.2 Å². The minimum atomic E-state index is -0.782. The highest BCUT2D eigenvalue weighted by atomic mass is 16.5. The standard InChI is InChI=1S/C26H24O4/c1-14-9-15(2)22(16(3)10-14)18-6-4-5-17(11-18)13-29-19-7-8-20-21(12-19)30-25-23(20)24(25)26(27)28/h4-12,23-25H,13H2,1-3H3,(H,27,28)/t23-,24-,25-/m1/s1. The number of hydrogen-bond acceptors (Lipinski definition) is 3. The summed E-state index contributed by atoms with van der Waals surface area (Å²) in [6, 6.07) is 18.6. The molecule has 3 aromatic carbocycles. The van der Waals surface area contributed by atoms with Crippen LogP contribution in [0, 0.1) is 26.7 Å². The Labute approximate surface area is 176 Å². The minimum Gasteiger partial charge on any atom is -0.489 e. The molecular weight excluding hydrogens is 376 g/mol. The zero-order valence-electron chi connectivity index (χ0n) is 17.3. The zero-order valence-corrected chi connectivity index (χ0v) is 17.3. The number of carbonyl (C=O) groups is 1. The highest BCUT2D eigenvalue weighted by Crippen LogP contribution is 2.58. The van der Waals surface area contributed by atoms with Crippen LogP contribution in [0.15, 0.2) is 54.6 Å². The molecule has 152 valence electrons. The molecule has 0 aromatic heterocycles. The summed E-state index contributed by atoms with van der Waals surface area (Å²) in [4.78, 5) is 11.2. The highest BCUT2D eigenvalue weighted by molar-refractivity contribution is 5.79. The molecule has 1 N–H and O–H groups in total. The van der Waals surface area contributed by atoms with Crippen LogP contribution in [0.3, 0.4) is 0 Å². The minimum absolute atomic E-state index is 0.00998. The van der Waals surface area contributed by atoms with Gasteiger partial charge in [-0.15, -0.1) is 0 Å². The second-order valence-electron chi connectivity index (χ2n) is 8.43. The number of fused-ring (bicyclic) bond motifs is 3. The third kappa shape index (κ3) is 3.13. The lowest BCUT2D eigenvalue weighted by atomic mass is 9.93. The van der Waals surface area contributed by atoms with Crippen molar-refractivity contribution in [2.45, 2.75) is 39.4 Å². The fraction of sp³-hybridized carbons (Fsp3) is 0.269. The van der Waals surface area contributed by atoms with Crippen molar-refractivity contribution >= 4 is 5.97 Å². The molecule has 3 atom stereocenters. The van der Waals surface area contributed by atoms with Crippen LogP contribution in [0.25, 0.3) is 11.1 Å². The molecule has 0 spiro atoms. The van der Waals surface area contributed by atoms with E-state index in [-0.39, 0.29) is 12.0 Å². The molecule has 1 saturated carbocycles. The first kappa shape index (κ1) is 18.7. The van der Waals surface area contributed by atoms with E-state index < -0.39 is 11.9 Å². The molecule has 0 unspecified atom stereocenters. The number of aryl methyl sites for hydroxylation is 3. The molecule has 3 aromatic rings. The van der Waals surface area contributed by atoms with Crippen molar-refractivity contribution in [1.82, 2.24) is 0 Å². The molecule has 1 aliphatic carbocycles. The van der Waals surface area contributed by atoms with Crippen molar-refractivity contribution in [3.63, 3.8) is 0 Å². The Kier molecular flexibility index (Phi) is 4.31. The molecule has 30 heavy (non-hydrogen) atoms. The maximum Gasteiger partial charge on any atom is 0.311 e. The quantitative estimate of drug-likeness (QED) is 0.622. The molecule has 1 heterocycles. The number of benzene rings is 3. The lowest BCUT2D eigenvalue weighted by Gasteiger charge is -2.14. The molecule has 1 fully saturated rings. The van der Waals surface area contributed by atoms with Crippen LogP contribution < -0.4 is 9.47 Å². The van der Waals surface area contributed by atoms with Crippen LogP contribution >= 0.6 is 0 Å². The van der Waals surface area contributed by atoms with E-state index in [1.165, 1.54) is 27.8 Å². The lowest BCUT2D eigenvalue weighted by Crippen LogP contribution is -2.08. The molecule has 4 nitrogen and oxygen atoms in total. The van der Waals surface area contributed by atoms with E-state index in [0.29, 0.717) is 6.61 Å². The van der Waals surface area contributed by atoms with Crippen molar-refractivity contribution in [2.24, 2.45) is 5.92 Å². The summed E-state index contributed by atoms with van der Waals surface area (Å²) in [6.07, 6.45) is -0.217. The predicted octanol–water partition coefficient (Wildman–Crippen LogP) is 5.42. The maximum absolute atomic E-state index is 11.2. The van der Waals surface area contributed by atoms with Crippen LogP contribution in [0.4, 0.5) is 0 Å². The number of hydrogen-bond donors (Lipinski definition) is 1. The normalized spacial score (nSPS) is 20.8. The van der Waals surface area contributed by atoms with Crippen molar-refractivity contribution in [2.75, 3.05) is 0 Å². The van der Waals surface area contributed by atoms with Gasteiger partial charge in [0.15, 0.2) is 0 Å². The molecule has 2 aliphatic rings. The smallest absolute Gasteiger partial charge is 0.311 e. The van der Waals surface area contributed by atoms with Crippen molar-refractivity contribution in [3.05, 3.63) is 82.4 Å². The van der Waals surface area contributed by atoms with Gasteiger partial charge in [-0.2, -0.15) is 0 Å². The van der Waals surface area contributed by atoms with Gasteiger partial charge < -0.3 is 14.6 Å². The summed E-state index contributed by atoms with van der Waals surface area (Å²) in [5.41, 5.74) is 8.39. The number of carboxylic acids is 1. The number of ether oxygens (including phenoxy) is 2. The van der Waals surface area contributed by atoms with E-state index in [4.69, 9.17) is 9.47 Å². The van der Waals surface area contributed by atoms with E-state index in [1.54, 1.807) is 0 Å². The maximum atomic E-state index is 11.2. The topological polar surface area (TPSA) is 55.8 Å². The van der Waals surface area contributed by atoms with Crippen LogP contribution in [-0.2, 0) is 11.4 Å². The van der Waals surface area contributed by atoms with E-state index >= 15 is 0 Å². The number of rotatable bonds is 5. The molecule has 1 aliphatic heterocycles. The fourth-order valence-electron chi connectivity index (χ4n) is 4.84. The summed E-state index contributed by atoms with van der Waals surface area (Å²) in [6.45, 7) is 6.89. The summed E-state index contributed by atoms with van der Waals surface area (Å²) >= 11 is 0. The van der Waals surface area contributed by atoms with Crippen LogP contribution in [-0.4, -0.2) is 17.2 Å². The Morgan fingerprint density at radius 3 is 2.53 bits per heavy atom. The SMILES string of the molecule is Cc1cc(C)c(-c2cccc(COc3ccc4c(c3)O[C@H]3[C@H](C(=O)O)[C@@H]43)c2)c(C)c1. The van der Waals surface area contributed by atoms with Gasteiger partial charge in [0.25, 0.3) is 0 Å². The monoisotopic (exact) mass is 400 g/mol. The molecule has 5 rings (SSSR count). The van der Waals surface area contributed by atoms with Crippen molar-refractivity contribution in [3.8, 4) is 22.6 Å². The van der Waals surface area contributed by atoms with Gasteiger partial charge in [-0.25, -0.2) is 0 Å².